The topological polar surface area (TPSA) is 9.23 Å². The van der Waals surface area contributed by atoms with Crippen LogP contribution in [0.2, 0.25) is 0 Å². The largest absolute Gasteiger partial charge is 0.497 e. The smallest absolute Gasteiger partial charge is 0.119 e. The average molecular weight is 177 g/mol. The molecule has 0 fully saturated rings. The predicted octanol–water partition coefficient (Wildman–Crippen LogP) is 3.02. The summed E-state index contributed by atoms with van der Waals surface area (Å²) in [6.45, 7) is 2.07. The van der Waals surface area contributed by atoms with Crippen LogP contribution in [0.1, 0.15) is 5.56 Å². The molecule has 1 heterocycles. The first-order chi connectivity index (χ1) is 5.81. The van der Waals surface area contributed by atoms with Gasteiger partial charge in [-0.3, -0.25) is 0 Å². The van der Waals surface area contributed by atoms with E-state index in [-0.39, 0.29) is 0 Å². The normalized spacial score (nSPS) is 10.5. The Hall–Kier alpha value is -1.02. The van der Waals surface area contributed by atoms with Crippen molar-refractivity contribution in [2.24, 2.45) is 0 Å². The Labute approximate surface area is 75.6 Å². The van der Waals surface area contributed by atoms with Crippen LogP contribution in [-0.2, 0) is 0 Å². The zero-order valence-corrected chi connectivity index (χ0v) is 7.87. The summed E-state index contributed by atoms with van der Waals surface area (Å²) >= 11 is 1.65. The van der Waals surface area contributed by atoms with Crippen LogP contribution >= 0.6 is 11.3 Å². The molecule has 0 spiro atoms. The standard InChI is InChI=1S/C10H9OS/c1-7-6-12-10-4-3-8(11-2)5-9(7)10/h3-5H,1-2H3. The summed E-state index contributed by atoms with van der Waals surface area (Å²) in [6.07, 6.45) is 0. The van der Waals surface area contributed by atoms with Gasteiger partial charge in [-0.1, -0.05) is 0 Å². The number of fused-ring (bicyclic) bond motifs is 1. The van der Waals surface area contributed by atoms with E-state index in [2.05, 4.69) is 24.4 Å². The van der Waals surface area contributed by atoms with Gasteiger partial charge in [0.1, 0.15) is 5.75 Å². The first-order valence-corrected chi connectivity index (χ1v) is 4.58. The molecule has 0 saturated carbocycles. The third kappa shape index (κ3) is 1.08. The molecule has 1 nitrogen and oxygen atoms in total. The molecule has 0 bridgehead atoms. The van der Waals surface area contributed by atoms with Gasteiger partial charge in [0.25, 0.3) is 0 Å². The summed E-state index contributed by atoms with van der Waals surface area (Å²) in [5.74, 6) is 0.914. The summed E-state index contributed by atoms with van der Waals surface area (Å²) in [4.78, 5) is 0. The van der Waals surface area contributed by atoms with Crippen molar-refractivity contribution in [2.45, 2.75) is 6.92 Å². The van der Waals surface area contributed by atoms with Crippen LogP contribution in [0.4, 0.5) is 0 Å². The van der Waals surface area contributed by atoms with Gasteiger partial charge >= 0.3 is 0 Å². The van der Waals surface area contributed by atoms with E-state index in [4.69, 9.17) is 4.74 Å². The molecule has 1 aromatic heterocycles. The van der Waals surface area contributed by atoms with Crippen LogP contribution in [0.3, 0.4) is 0 Å². The third-order valence-electron chi connectivity index (χ3n) is 1.90. The van der Waals surface area contributed by atoms with Crippen molar-refractivity contribution >= 4 is 21.4 Å². The zero-order valence-electron chi connectivity index (χ0n) is 7.05. The number of thiophene rings is 1. The fourth-order valence-electron chi connectivity index (χ4n) is 1.20. The van der Waals surface area contributed by atoms with Gasteiger partial charge in [-0.05, 0) is 36.1 Å². The molecule has 2 rings (SSSR count). The lowest BCUT2D eigenvalue weighted by Gasteiger charge is -1.98. The first-order valence-electron chi connectivity index (χ1n) is 3.76. The molecule has 61 valence electrons. The summed E-state index contributed by atoms with van der Waals surface area (Å²) in [5, 5.41) is 4.46. The lowest BCUT2D eigenvalue weighted by molar-refractivity contribution is 0.415. The molecule has 0 aliphatic carbocycles. The van der Waals surface area contributed by atoms with E-state index in [1.165, 1.54) is 15.6 Å². The Morgan fingerprint density at radius 3 is 3.00 bits per heavy atom. The third-order valence-corrected chi connectivity index (χ3v) is 2.89. The second kappa shape index (κ2) is 2.79. The van der Waals surface area contributed by atoms with Crippen molar-refractivity contribution in [3.05, 3.63) is 29.1 Å². The molecule has 12 heavy (non-hydrogen) atoms. The molecule has 0 atom stereocenters. The highest BCUT2D eigenvalue weighted by Gasteiger charge is 2.00. The Balaban J connectivity index is 2.71. The van der Waals surface area contributed by atoms with E-state index >= 15 is 0 Å². The number of hydrogen-bond donors (Lipinski definition) is 0. The van der Waals surface area contributed by atoms with Crippen molar-refractivity contribution in [3.8, 4) is 5.75 Å². The van der Waals surface area contributed by atoms with Crippen LogP contribution in [-0.4, -0.2) is 7.11 Å². The quantitative estimate of drug-likeness (QED) is 0.650. The monoisotopic (exact) mass is 177 g/mol. The predicted molar refractivity (Wildman–Crippen MR) is 52.0 cm³/mol. The highest BCUT2D eigenvalue weighted by Crippen LogP contribution is 2.28. The molecule has 0 aliphatic rings. The minimum Gasteiger partial charge on any atom is -0.497 e. The first kappa shape index (κ1) is 7.62. The fraction of sp³-hybridized carbons (Fsp3) is 0.200. The van der Waals surface area contributed by atoms with E-state index in [9.17, 15) is 0 Å². The van der Waals surface area contributed by atoms with Gasteiger partial charge in [-0.25, -0.2) is 0 Å². The van der Waals surface area contributed by atoms with Crippen LogP contribution in [0.5, 0.6) is 5.75 Å². The summed E-state index contributed by atoms with van der Waals surface area (Å²) < 4.78 is 6.41. The van der Waals surface area contributed by atoms with Crippen LogP contribution in [0.15, 0.2) is 18.2 Å². The van der Waals surface area contributed by atoms with Gasteiger partial charge < -0.3 is 4.74 Å². The minimum atomic E-state index is 0.914. The molecule has 0 aliphatic heterocycles. The second-order valence-electron chi connectivity index (χ2n) is 2.69. The molecule has 0 amide bonds. The van der Waals surface area contributed by atoms with E-state index in [0.29, 0.717) is 0 Å². The van der Waals surface area contributed by atoms with E-state index in [1.54, 1.807) is 18.4 Å². The molecule has 0 saturated heterocycles. The number of ether oxygens (including phenoxy) is 1. The number of hydrogen-bond acceptors (Lipinski definition) is 2. The maximum Gasteiger partial charge on any atom is 0.119 e. The van der Waals surface area contributed by atoms with Crippen LogP contribution < -0.4 is 4.74 Å². The van der Waals surface area contributed by atoms with Crippen molar-refractivity contribution in [2.75, 3.05) is 7.11 Å². The Kier molecular flexibility index (Phi) is 1.77. The van der Waals surface area contributed by atoms with Crippen molar-refractivity contribution in [3.63, 3.8) is 0 Å². The Morgan fingerprint density at radius 1 is 1.42 bits per heavy atom. The van der Waals surface area contributed by atoms with Crippen molar-refractivity contribution in [1.29, 1.82) is 0 Å². The molecule has 0 N–H and O–H groups in total. The Bertz CT molecular complexity index is 403. The van der Waals surface area contributed by atoms with E-state index in [0.717, 1.165) is 5.75 Å². The maximum absolute atomic E-state index is 5.14. The van der Waals surface area contributed by atoms with Crippen molar-refractivity contribution in [1.82, 2.24) is 0 Å². The second-order valence-corrected chi connectivity index (χ2v) is 3.54. The van der Waals surface area contributed by atoms with Gasteiger partial charge in [-0.2, -0.15) is 0 Å². The number of aryl methyl sites for hydroxylation is 1. The zero-order chi connectivity index (χ0) is 8.55. The van der Waals surface area contributed by atoms with Crippen LogP contribution in [0, 0.1) is 12.3 Å². The summed E-state index contributed by atoms with van der Waals surface area (Å²) in [7, 11) is 1.69. The van der Waals surface area contributed by atoms with Crippen LogP contribution in [0.25, 0.3) is 10.1 Å². The highest BCUT2D eigenvalue weighted by atomic mass is 32.1. The Morgan fingerprint density at radius 2 is 2.25 bits per heavy atom. The lowest BCUT2D eigenvalue weighted by atomic mass is 10.2. The lowest BCUT2D eigenvalue weighted by Crippen LogP contribution is -1.80. The molecule has 1 radical (unpaired) electrons. The number of benzene rings is 1. The maximum atomic E-state index is 5.14. The van der Waals surface area contributed by atoms with Crippen molar-refractivity contribution < 1.29 is 4.74 Å². The molecule has 2 heteroatoms. The van der Waals surface area contributed by atoms with Gasteiger partial charge in [0, 0.05) is 10.1 Å². The molecular formula is C10H9OS. The van der Waals surface area contributed by atoms with E-state index < -0.39 is 0 Å². The molecule has 1 aromatic carbocycles. The average Bonchev–Trinajstić information content (AvgIpc) is 2.47. The van der Waals surface area contributed by atoms with E-state index in [1.807, 2.05) is 6.07 Å². The summed E-state index contributed by atoms with van der Waals surface area (Å²) in [5.41, 5.74) is 1.20. The highest BCUT2D eigenvalue weighted by molar-refractivity contribution is 7.16. The minimum absolute atomic E-state index is 0.914. The van der Waals surface area contributed by atoms with Gasteiger partial charge in [0.2, 0.25) is 0 Å². The van der Waals surface area contributed by atoms with Gasteiger partial charge in [0.05, 0.1) is 7.11 Å². The SMILES string of the molecule is COc1ccc2s[c]c(C)c2c1. The molecule has 0 unspecified atom stereocenters. The fourth-order valence-corrected chi connectivity index (χ4v) is 2.04. The number of rotatable bonds is 1. The number of methoxy groups -OCH3 is 1. The van der Waals surface area contributed by atoms with Gasteiger partial charge in [-0.15, -0.1) is 11.3 Å². The molecular weight excluding hydrogens is 168 g/mol. The van der Waals surface area contributed by atoms with Gasteiger partial charge in [0.15, 0.2) is 0 Å². The molecule has 2 aromatic rings. The summed E-state index contributed by atoms with van der Waals surface area (Å²) in [6, 6.07) is 6.10.